The number of amides is 1. The van der Waals surface area contributed by atoms with Crippen LogP contribution in [0.5, 0.6) is 0 Å². The van der Waals surface area contributed by atoms with E-state index in [4.69, 9.17) is 10.2 Å². The van der Waals surface area contributed by atoms with Gasteiger partial charge >= 0.3 is 0 Å². The Labute approximate surface area is 125 Å². The average Bonchev–Trinajstić information content (AvgIpc) is 3.00. The number of furan rings is 1. The van der Waals surface area contributed by atoms with Crippen molar-refractivity contribution in [3.8, 4) is 0 Å². The first-order valence-corrected chi connectivity index (χ1v) is 6.44. The minimum atomic E-state index is -1.01. The Bertz CT molecular complexity index is 697. The molecular weight excluding hydrogens is 290 g/mol. The number of carbonyl (C=O) groups excluding carboxylic acids is 1. The summed E-state index contributed by atoms with van der Waals surface area (Å²) in [6.07, 6.45) is 0.391. The Balaban J connectivity index is 2.14. The Morgan fingerprint density at radius 1 is 1.55 bits per heavy atom. The summed E-state index contributed by atoms with van der Waals surface area (Å²) in [5, 5.41) is 23.2. The van der Waals surface area contributed by atoms with E-state index in [0.717, 1.165) is 0 Å². The maximum atomic E-state index is 12.1. The third-order valence-corrected chi connectivity index (χ3v) is 3.07. The molecule has 8 nitrogen and oxygen atoms in total. The zero-order chi connectivity index (χ0) is 16.3. The molecule has 0 radical (unpaired) electrons. The van der Waals surface area contributed by atoms with E-state index >= 15 is 0 Å². The summed E-state index contributed by atoms with van der Waals surface area (Å²) >= 11 is 0. The molecule has 116 valence electrons. The molecule has 4 N–H and O–H groups in total. The van der Waals surface area contributed by atoms with Gasteiger partial charge in [0.15, 0.2) is 0 Å². The molecular formula is C14H15N3O5. The number of anilines is 1. The lowest BCUT2D eigenvalue weighted by Crippen LogP contribution is -2.29. The monoisotopic (exact) mass is 305 g/mol. The highest BCUT2D eigenvalue weighted by atomic mass is 16.6. The number of nitrogens with one attached hydrogen (secondary N) is 1. The summed E-state index contributed by atoms with van der Waals surface area (Å²) in [5.74, 6) is -0.293. The molecule has 1 atom stereocenters. The zero-order valence-corrected chi connectivity index (χ0v) is 11.8. The molecule has 0 aliphatic carbocycles. The first kappa shape index (κ1) is 15.5. The molecule has 0 aliphatic heterocycles. The van der Waals surface area contributed by atoms with Gasteiger partial charge in [0, 0.05) is 6.07 Å². The van der Waals surface area contributed by atoms with Crippen LogP contribution in [0, 0.1) is 17.0 Å². The number of rotatable bonds is 5. The van der Waals surface area contributed by atoms with Gasteiger partial charge in [-0.25, -0.2) is 0 Å². The van der Waals surface area contributed by atoms with E-state index in [2.05, 4.69) is 5.32 Å². The van der Waals surface area contributed by atoms with Crippen molar-refractivity contribution < 1.29 is 19.2 Å². The van der Waals surface area contributed by atoms with Gasteiger partial charge in [0.2, 0.25) is 0 Å². The zero-order valence-electron chi connectivity index (χ0n) is 11.8. The average molecular weight is 305 g/mol. The van der Waals surface area contributed by atoms with Crippen molar-refractivity contribution in [2.75, 3.05) is 12.3 Å². The molecule has 0 saturated heterocycles. The number of hydrogen-bond donors (Lipinski definition) is 3. The molecule has 0 fully saturated rings. The number of nitrogens with zero attached hydrogens (tertiary/aromatic N) is 1. The van der Waals surface area contributed by atoms with Gasteiger partial charge in [0.05, 0.1) is 23.3 Å². The number of nitrogens with two attached hydrogens (primary N) is 1. The Morgan fingerprint density at radius 3 is 2.86 bits per heavy atom. The number of carbonyl (C=O) groups is 1. The van der Waals surface area contributed by atoms with E-state index < -0.39 is 16.9 Å². The van der Waals surface area contributed by atoms with E-state index in [9.17, 15) is 20.0 Å². The Morgan fingerprint density at radius 2 is 2.27 bits per heavy atom. The van der Waals surface area contributed by atoms with E-state index in [1.54, 1.807) is 19.1 Å². The molecule has 0 aliphatic rings. The van der Waals surface area contributed by atoms with Gasteiger partial charge in [0.1, 0.15) is 17.6 Å². The first-order valence-electron chi connectivity index (χ1n) is 6.44. The number of nitro benzene ring substituents is 1. The second-order valence-electron chi connectivity index (χ2n) is 4.74. The van der Waals surface area contributed by atoms with Crippen molar-refractivity contribution in [3.05, 3.63) is 57.5 Å². The lowest BCUT2D eigenvalue weighted by Gasteiger charge is -2.11. The van der Waals surface area contributed by atoms with Crippen LogP contribution >= 0.6 is 0 Å². The Kier molecular flexibility index (Phi) is 4.42. The number of nitro groups is 1. The lowest BCUT2D eigenvalue weighted by molar-refractivity contribution is -0.384. The van der Waals surface area contributed by atoms with Crippen molar-refractivity contribution in [1.29, 1.82) is 0 Å². The lowest BCUT2D eigenvalue weighted by atomic mass is 10.1. The predicted octanol–water partition coefficient (Wildman–Crippen LogP) is 1.54. The van der Waals surface area contributed by atoms with Crippen molar-refractivity contribution in [2.24, 2.45) is 0 Å². The van der Waals surface area contributed by atoms with Gasteiger partial charge in [-0.1, -0.05) is 0 Å². The molecule has 1 amide bonds. The van der Waals surface area contributed by atoms with Crippen LogP contribution in [0.2, 0.25) is 0 Å². The van der Waals surface area contributed by atoms with Crippen LogP contribution < -0.4 is 11.1 Å². The summed E-state index contributed by atoms with van der Waals surface area (Å²) in [6, 6.07) is 5.94. The van der Waals surface area contributed by atoms with Crippen LogP contribution in [0.3, 0.4) is 0 Å². The van der Waals surface area contributed by atoms with Gasteiger partial charge in [-0.05, 0) is 30.7 Å². The molecule has 0 bridgehead atoms. The summed E-state index contributed by atoms with van der Waals surface area (Å²) < 4.78 is 5.01. The topological polar surface area (TPSA) is 132 Å². The summed E-state index contributed by atoms with van der Waals surface area (Å²) in [6.45, 7) is 1.52. The predicted molar refractivity (Wildman–Crippen MR) is 78.2 cm³/mol. The number of nitrogen functional groups attached to an aromatic ring is 1. The third-order valence-electron chi connectivity index (χ3n) is 3.07. The number of hydrogen-bond acceptors (Lipinski definition) is 6. The molecule has 2 rings (SSSR count). The number of benzene rings is 1. The quantitative estimate of drug-likeness (QED) is 0.436. The second kappa shape index (κ2) is 6.27. The van der Waals surface area contributed by atoms with Crippen LogP contribution in [-0.2, 0) is 0 Å². The minimum Gasteiger partial charge on any atom is -0.467 e. The van der Waals surface area contributed by atoms with Gasteiger partial charge in [-0.3, -0.25) is 14.9 Å². The largest absolute Gasteiger partial charge is 0.467 e. The first-order chi connectivity index (χ1) is 10.4. The van der Waals surface area contributed by atoms with Gasteiger partial charge in [0.25, 0.3) is 11.6 Å². The van der Waals surface area contributed by atoms with Gasteiger partial charge in [-0.2, -0.15) is 0 Å². The molecule has 1 heterocycles. The molecule has 8 heteroatoms. The van der Waals surface area contributed by atoms with E-state index in [0.29, 0.717) is 11.3 Å². The highest BCUT2D eigenvalue weighted by Crippen LogP contribution is 2.27. The molecule has 0 saturated carbocycles. The highest BCUT2D eigenvalue weighted by molar-refractivity contribution is 6.01. The standard InChI is InChI=1S/C14H15N3O5/c1-8-5-9(13(15)10(6-8)17(20)21)14(19)16-7-11(18)12-3-2-4-22-12/h2-6,11,18H,7,15H2,1H3,(H,16,19). The van der Waals surface area contributed by atoms with Crippen molar-refractivity contribution in [2.45, 2.75) is 13.0 Å². The second-order valence-corrected chi connectivity index (χ2v) is 4.74. The fourth-order valence-corrected chi connectivity index (χ4v) is 1.98. The Hall–Kier alpha value is -2.87. The maximum Gasteiger partial charge on any atom is 0.293 e. The van der Waals surface area contributed by atoms with Crippen molar-refractivity contribution in [1.82, 2.24) is 5.32 Å². The number of aliphatic hydroxyl groups is 1. The molecule has 1 unspecified atom stereocenters. The van der Waals surface area contributed by atoms with Crippen molar-refractivity contribution >= 4 is 17.3 Å². The highest BCUT2D eigenvalue weighted by Gasteiger charge is 2.21. The normalized spacial score (nSPS) is 11.9. The summed E-state index contributed by atoms with van der Waals surface area (Å²) in [4.78, 5) is 22.4. The molecule has 1 aromatic carbocycles. The number of aliphatic hydroxyl groups excluding tert-OH is 1. The number of aryl methyl sites for hydroxylation is 1. The van der Waals surface area contributed by atoms with Crippen LogP contribution in [-0.4, -0.2) is 22.5 Å². The smallest absolute Gasteiger partial charge is 0.293 e. The summed E-state index contributed by atoms with van der Waals surface area (Å²) in [5.41, 5.74) is 5.68. The van der Waals surface area contributed by atoms with E-state index in [-0.39, 0.29) is 23.5 Å². The molecule has 0 spiro atoms. The van der Waals surface area contributed by atoms with Crippen molar-refractivity contribution in [3.63, 3.8) is 0 Å². The van der Waals surface area contributed by atoms with Crippen LogP contribution in [0.1, 0.15) is 27.8 Å². The molecule has 2 aromatic rings. The molecule has 1 aromatic heterocycles. The maximum absolute atomic E-state index is 12.1. The molecule has 22 heavy (non-hydrogen) atoms. The SMILES string of the molecule is Cc1cc(C(=O)NCC(O)c2ccco2)c(N)c([N+](=O)[O-])c1. The van der Waals surface area contributed by atoms with Crippen LogP contribution in [0.25, 0.3) is 0 Å². The van der Waals surface area contributed by atoms with Crippen LogP contribution in [0.15, 0.2) is 34.9 Å². The fraction of sp³-hybridized carbons (Fsp3) is 0.214. The summed E-state index contributed by atoms with van der Waals surface area (Å²) in [7, 11) is 0. The fourth-order valence-electron chi connectivity index (χ4n) is 1.98. The third kappa shape index (κ3) is 3.23. The van der Waals surface area contributed by atoms with E-state index in [1.807, 2.05) is 0 Å². The van der Waals surface area contributed by atoms with Crippen LogP contribution in [0.4, 0.5) is 11.4 Å². The van der Waals surface area contributed by atoms with Gasteiger partial charge in [-0.15, -0.1) is 0 Å². The van der Waals surface area contributed by atoms with Gasteiger partial charge < -0.3 is 20.6 Å². The minimum absolute atomic E-state index is 0.00153. The van der Waals surface area contributed by atoms with E-state index in [1.165, 1.54) is 18.4 Å².